The Balaban J connectivity index is 1.80. The van der Waals surface area contributed by atoms with Crippen LogP contribution in [-0.2, 0) is 4.74 Å². The van der Waals surface area contributed by atoms with Crippen LogP contribution in [0.4, 0.5) is 0 Å². The fourth-order valence-electron chi connectivity index (χ4n) is 2.11. The smallest absolute Gasteiger partial charge is 0.0594 e. The lowest BCUT2D eigenvalue weighted by molar-refractivity contribution is 0.0270. The van der Waals surface area contributed by atoms with Gasteiger partial charge in [-0.15, -0.1) is 0 Å². The molecule has 0 aromatic rings. The van der Waals surface area contributed by atoms with E-state index in [0.717, 1.165) is 38.8 Å². The van der Waals surface area contributed by atoms with Crippen LogP contribution in [-0.4, -0.2) is 43.3 Å². The van der Waals surface area contributed by atoms with E-state index >= 15 is 0 Å². The number of nitrogens with zero attached hydrogens (tertiary/aromatic N) is 1. The Morgan fingerprint density at radius 3 is 2.54 bits per heavy atom. The highest BCUT2D eigenvalue weighted by atomic mass is 16.5. The second-order valence-corrected chi connectivity index (χ2v) is 4.67. The van der Waals surface area contributed by atoms with Gasteiger partial charge >= 0.3 is 0 Å². The highest BCUT2D eigenvalue weighted by molar-refractivity contribution is 4.97. The van der Waals surface area contributed by atoms with Crippen molar-refractivity contribution < 1.29 is 4.74 Å². The molecule has 0 aromatic carbocycles. The summed E-state index contributed by atoms with van der Waals surface area (Å²) in [6.45, 7) is 7.10. The third kappa shape index (κ3) is 2.42. The monoisotopic (exact) mass is 184 g/mol. The topological polar surface area (TPSA) is 38.5 Å². The highest BCUT2D eigenvalue weighted by Crippen LogP contribution is 2.38. The number of hydrogen-bond donors (Lipinski definition) is 1. The third-order valence-corrected chi connectivity index (χ3v) is 3.18. The molecule has 2 fully saturated rings. The Hall–Kier alpha value is -0.120. The van der Waals surface area contributed by atoms with Crippen molar-refractivity contribution in [2.75, 3.05) is 32.8 Å². The molecule has 1 heterocycles. The van der Waals surface area contributed by atoms with Crippen LogP contribution in [0.3, 0.4) is 0 Å². The zero-order valence-electron chi connectivity index (χ0n) is 8.46. The Morgan fingerprint density at radius 2 is 2.00 bits per heavy atom. The standard InChI is InChI=1S/C10H20N2O/c1-10(11,9-2-3-9)8-12-4-6-13-7-5-12/h9H,2-8,11H2,1H3. The predicted molar refractivity (Wildman–Crippen MR) is 52.6 cm³/mol. The van der Waals surface area contributed by atoms with Crippen molar-refractivity contribution in [3.8, 4) is 0 Å². The fourth-order valence-corrected chi connectivity index (χ4v) is 2.11. The van der Waals surface area contributed by atoms with Gasteiger partial charge < -0.3 is 10.5 Å². The molecule has 3 heteroatoms. The van der Waals surface area contributed by atoms with E-state index in [4.69, 9.17) is 10.5 Å². The summed E-state index contributed by atoms with van der Waals surface area (Å²) in [7, 11) is 0. The zero-order valence-corrected chi connectivity index (χ0v) is 8.46. The maximum Gasteiger partial charge on any atom is 0.0594 e. The number of hydrogen-bond acceptors (Lipinski definition) is 3. The van der Waals surface area contributed by atoms with Crippen LogP contribution in [0.1, 0.15) is 19.8 Å². The molecule has 1 atom stereocenters. The minimum absolute atomic E-state index is 0.0390. The molecule has 0 bridgehead atoms. The summed E-state index contributed by atoms with van der Waals surface area (Å²) in [6, 6.07) is 0. The fraction of sp³-hybridized carbons (Fsp3) is 1.00. The molecule has 76 valence electrons. The van der Waals surface area contributed by atoms with Crippen molar-refractivity contribution in [2.24, 2.45) is 11.7 Å². The predicted octanol–water partition coefficient (Wildman–Crippen LogP) is 0.446. The molecule has 1 saturated heterocycles. The minimum atomic E-state index is 0.0390. The molecule has 2 rings (SSSR count). The van der Waals surface area contributed by atoms with Crippen molar-refractivity contribution in [3.05, 3.63) is 0 Å². The maximum atomic E-state index is 6.27. The highest BCUT2D eigenvalue weighted by Gasteiger charge is 2.39. The van der Waals surface area contributed by atoms with Crippen LogP contribution in [0.5, 0.6) is 0 Å². The van der Waals surface area contributed by atoms with Crippen LogP contribution < -0.4 is 5.73 Å². The van der Waals surface area contributed by atoms with E-state index in [9.17, 15) is 0 Å². The molecule has 2 aliphatic rings. The first kappa shape index (κ1) is 9.44. The van der Waals surface area contributed by atoms with Crippen molar-refractivity contribution >= 4 is 0 Å². The molecule has 1 saturated carbocycles. The molecule has 3 nitrogen and oxygen atoms in total. The molecule has 0 amide bonds. The average Bonchev–Trinajstić information content (AvgIpc) is 2.87. The van der Waals surface area contributed by atoms with Gasteiger partial charge in [-0.05, 0) is 25.7 Å². The number of ether oxygens (including phenoxy) is 1. The van der Waals surface area contributed by atoms with Gasteiger partial charge in [0.15, 0.2) is 0 Å². The lowest BCUT2D eigenvalue weighted by Crippen LogP contribution is -2.52. The van der Waals surface area contributed by atoms with E-state index in [1.54, 1.807) is 0 Å². The van der Waals surface area contributed by atoms with Crippen molar-refractivity contribution in [3.63, 3.8) is 0 Å². The molecule has 2 N–H and O–H groups in total. The largest absolute Gasteiger partial charge is 0.379 e. The summed E-state index contributed by atoms with van der Waals surface area (Å²) in [6.07, 6.45) is 2.66. The summed E-state index contributed by atoms with van der Waals surface area (Å²) in [5, 5.41) is 0. The van der Waals surface area contributed by atoms with E-state index in [2.05, 4.69) is 11.8 Å². The molecule has 0 spiro atoms. The van der Waals surface area contributed by atoms with E-state index in [-0.39, 0.29) is 5.54 Å². The first-order valence-electron chi connectivity index (χ1n) is 5.27. The third-order valence-electron chi connectivity index (χ3n) is 3.18. The van der Waals surface area contributed by atoms with E-state index in [1.165, 1.54) is 12.8 Å². The van der Waals surface area contributed by atoms with E-state index < -0.39 is 0 Å². The van der Waals surface area contributed by atoms with Crippen LogP contribution in [0.25, 0.3) is 0 Å². The number of rotatable bonds is 3. The van der Waals surface area contributed by atoms with Gasteiger partial charge in [0, 0.05) is 25.2 Å². The Bertz CT molecular complexity index is 172. The molecular weight excluding hydrogens is 164 g/mol. The SMILES string of the molecule is CC(N)(CN1CCOCC1)C1CC1. The Morgan fingerprint density at radius 1 is 1.38 bits per heavy atom. The first-order chi connectivity index (χ1) is 6.18. The molecule has 0 radical (unpaired) electrons. The van der Waals surface area contributed by atoms with Gasteiger partial charge in [-0.2, -0.15) is 0 Å². The van der Waals surface area contributed by atoms with Crippen molar-refractivity contribution in [1.29, 1.82) is 0 Å². The summed E-state index contributed by atoms with van der Waals surface area (Å²) in [4.78, 5) is 2.43. The summed E-state index contributed by atoms with van der Waals surface area (Å²) < 4.78 is 5.31. The zero-order chi connectivity index (χ0) is 9.31. The second kappa shape index (κ2) is 3.56. The number of morpholine rings is 1. The van der Waals surface area contributed by atoms with Crippen LogP contribution in [0.15, 0.2) is 0 Å². The lowest BCUT2D eigenvalue weighted by atomic mass is 9.96. The van der Waals surface area contributed by atoms with Gasteiger partial charge in [0.05, 0.1) is 13.2 Å². The quantitative estimate of drug-likeness (QED) is 0.692. The Labute approximate surface area is 80.2 Å². The summed E-state index contributed by atoms with van der Waals surface area (Å²) in [5.41, 5.74) is 6.31. The number of nitrogens with two attached hydrogens (primary N) is 1. The first-order valence-corrected chi connectivity index (χ1v) is 5.27. The van der Waals surface area contributed by atoms with Gasteiger partial charge in [0.1, 0.15) is 0 Å². The average molecular weight is 184 g/mol. The maximum absolute atomic E-state index is 6.27. The van der Waals surface area contributed by atoms with E-state index in [0.29, 0.717) is 0 Å². The van der Waals surface area contributed by atoms with Crippen molar-refractivity contribution in [2.45, 2.75) is 25.3 Å². The molecule has 1 aliphatic carbocycles. The van der Waals surface area contributed by atoms with Crippen molar-refractivity contribution in [1.82, 2.24) is 4.90 Å². The van der Waals surface area contributed by atoms with Gasteiger partial charge in [-0.3, -0.25) is 4.90 Å². The van der Waals surface area contributed by atoms with Crippen LogP contribution in [0, 0.1) is 5.92 Å². The van der Waals surface area contributed by atoms with Crippen LogP contribution >= 0.6 is 0 Å². The molecule has 13 heavy (non-hydrogen) atoms. The lowest BCUT2D eigenvalue weighted by Gasteiger charge is -2.34. The Kier molecular flexibility index (Phi) is 2.58. The molecule has 1 aliphatic heterocycles. The summed E-state index contributed by atoms with van der Waals surface area (Å²) >= 11 is 0. The van der Waals surface area contributed by atoms with Gasteiger partial charge in [0.2, 0.25) is 0 Å². The minimum Gasteiger partial charge on any atom is -0.379 e. The summed E-state index contributed by atoms with van der Waals surface area (Å²) in [5.74, 6) is 0.773. The molecular formula is C10H20N2O. The van der Waals surface area contributed by atoms with Gasteiger partial charge in [0.25, 0.3) is 0 Å². The van der Waals surface area contributed by atoms with Crippen LogP contribution in [0.2, 0.25) is 0 Å². The van der Waals surface area contributed by atoms with E-state index in [1.807, 2.05) is 0 Å². The van der Waals surface area contributed by atoms with Gasteiger partial charge in [-0.1, -0.05) is 0 Å². The second-order valence-electron chi connectivity index (χ2n) is 4.67. The molecule has 1 unspecified atom stereocenters. The normalized spacial score (nSPS) is 30.0. The van der Waals surface area contributed by atoms with Gasteiger partial charge in [-0.25, -0.2) is 0 Å². The molecule has 0 aromatic heterocycles.